The lowest BCUT2D eigenvalue weighted by atomic mass is 10.1. The first-order valence-electron chi connectivity index (χ1n) is 6.35. The number of aromatic carboxylic acids is 1. The number of halogens is 2. The second kappa shape index (κ2) is 4.92. The van der Waals surface area contributed by atoms with Gasteiger partial charge in [0.25, 0.3) is 0 Å². The molecule has 2 heterocycles. The molecule has 0 radical (unpaired) electrons. The molecule has 2 aromatic rings. The third-order valence-corrected chi connectivity index (χ3v) is 3.37. The summed E-state index contributed by atoms with van der Waals surface area (Å²) < 4.78 is 31.0. The van der Waals surface area contributed by atoms with Crippen LogP contribution in [-0.4, -0.2) is 41.9 Å². The predicted octanol–water partition coefficient (Wildman–Crippen LogP) is 2.36. The van der Waals surface area contributed by atoms with Crippen molar-refractivity contribution in [3.8, 4) is 0 Å². The van der Waals surface area contributed by atoms with Gasteiger partial charge in [0.15, 0.2) is 0 Å². The molecule has 0 amide bonds. The molecule has 110 valence electrons. The first-order chi connectivity index (χ1) is 9.96. The van der Waals surface area contributed by atoms with Crippen molar-refractivity contribution in [1.29, 1.82) is 0 Å². The molecule has 0 aliphatic carbocycles. The summed E-state index contributed by atoms with van der Waals surface area (Å²) in [6.45, 7) is -0.311. The van der Waals surface area contributed by atoms with E-state index in [0.717, 1.165) is 0 Å². The second-order valence-corrected chi connectivity index (χ2v) is 4.77. The molecule has 0 saturated carbocycles. The zero-order valence-corrected chi connectivity index (χ0v) is 10.9. The molecule has 0 spiro atoms. The van der Waals surface area contributed by atoms with Gasteiger partial charge >= 0.3 is 12.1 Å². The maximum Gasteiger partial charge on any atom is 0.373 e. The molecular formula is C14H12F2N2O3. The van der Waals surface area contributed by atoms with Crippen LogP contribution in [0.5, 0.6) is 0 Å². The van der Waals surface area contributed by atoms with Crippen molar-refractivity contribution in [1.82, 2.24) is 4.98 Å². The lowest BCUT2D eigenvalue weighted by molar-refractivity contribution is -0.240. The Morgan fingerprint density at radius 2 is 2.19 bits per heavy atom. The molecule has 1 aromatic heterocycles. The Bertz CT molecular complexity index is 706. The molecule has 1 saturated heterocycles. The van der Waals surface area contributed by atoms with Gasteiger partial charge in [-0.05, 0) is 24.3 Å². The SMILES string of the molecule is O=C(O)c1ccnc2ccc(N3CCOC(F)(F)C3)cc12. The van der Waals surface area contributed by atoms with E-state index in [9.17, 15) is 18.7 Å². The number of pyridine rings is 1. The largest absolute Gasteiger partial charge is 0.478 e. The van der Waals surface area contributed by atoms with E-state index < -0.39 is 18.6 Å². The number of carbonyl (C=O) groups is 1. The summed E-state index contributed by atoms with van der Waals surface area (Å²) in [5.74, 6) is -1.08. The van der Waals surface area contributed by atoms with Crippen molar-refractivity contribution >= 4 is 22.6 Å². The topological polar surface area (TPSA) is 62.7 Å². The number of ether oxygens (including phenoxy) is 1. The maximum absolute atomic E-state index is 13.3. The van der Waals surface area contributed by atoms with Gasteiger partial charge in [0.1, 0.15) is 6.54 Å². The minimum absolute atomic E-state index is 0.0795. The van der Waals surface area contributed by atoms with Crippen molar-refractivity contribution < 1.29 is 23.4 Å². The van der Waals surface area contributed by atoms with Crippen LogP contribution in [0, 0.1) is 0 Å². The van der Waals surface area contributed by atoms with Gasteiger partial charge in [0, 0.05) is 23.8 Å². The Labute approximate surface area is 118 Å². The Balaban J connectivity index is 2.04. The zero-order chi connectivity index (χ0) is 15.0. The van der Waals surface area contributed by atoms with Crippen LogP contribution in [0.25, 0.3) is 10.9 Å². The van der Waals surface area contributed by atoms with E-state index in [1.165, 1.54) is 17.2 Å². The highest BCUT2D eigenvalue weighted by Crippen LogP contribution is 2.28. The molecule has 5 nitrogen and oxygen atoms in total. The second-order valence-electron chi connectivity index (χ2n) is 4.77. The van der Waals surface area contributed by atoms with Crippen LogP contribution >= 0.6 is 0 Å². The number of hydrogen-bond donors (Lipinski definition) is 1. The van der Waals surface area contributed by atoms with Gasteiger partial charge in [-0.15, -0.1) is 0 Å². The third-order valence-electron chi connectivity index (χ3n) is 3.37. The minimum Gasteiger partial charge on any atom is -0.478 e. The van der Waals surface area contributed by atoms with Crippen LogP contribution in [0.4, 0.5) is 14.5 Å². The van der Waals surface area contributed by atoms with Crippen LogP contribution in [0.1, 0.15) is 10.4 Å². The van der Waals surface area contributed by atoms with E-state index in [2.05, 4.69) is 9.72 Å². The molecular weight excluding hydrogens is 282 g/mol. The van der Waals surface area contributed by atoms with Crippen molar-refractivity contribution in [2.75, 3.05) is 24.6 Å². The number of carboxylic acids is 1. The molecule has 1 N–H and O–H groups in total. The van der Waals surface area contributed by atoms with Gasteiger partial charge in [0.2, 0.25) is 0 Å². The highest BCUT2D eigenvalue weighted by atomic mass is 19.3. The van der Waals surface area contributed by atoms with Gasteiger partial charge in [-0.2, -0.15) is 8.78 Å². The fourth-order valence-electron chi connectivity index (χ4n) is 2.39. The van der Waals surface area contributed by atoms with E-state index in [1.54, 1.807) is 18.2 Å². The fraction of sp³-hybridized carbons (Fsp3) is 0.286. The third kappa shape index (κ3) is 2.64. The number of carboxylic acid groups (broad SMARTS) is 1. The number of aromatic nitrogens is 1. The average Bonchev–Trinajstić information content (AvgIpc) is 2.44. The molecule has 0 bridgehead atoms. The number of fused-ring (bicyclic) bond motifs is 1. The predicted molar refractivity (Wildman–Crippen MR) is 71.8 cm³/mol. The minimum atomic E-state index is -3.20. The van der Waals surface area contributed by atoms with Crippen molar-refractivity contribution in [2.24, 2.45) is 0 Å². The number of morpholine rings is 1. The highest BCUT2D eigenvalue weighted by Gasteiger charge is 2.36. The van der Waals surface area contributed by atoms with Gasteiger partial charge in [-0.3, -0.25) is 4.98 Å². The maximum atomic E-state index is 13.3. The quantitative estimate of drug-likeness (QED) is 0.921. The normalized spacial score (nSPS) is 17.9. The number of hydrogen-bond acceptors (Lipinski definition) is 4. The Morgan fingerprint density at radius 1 is 1.38 bits per heavy atom. The molecule has 1 aliphatic heterocycles. The van der Waals surface area contributed by atoms with E-state index >= 15 is 0 Å². The van der Waals surface area contributed by atoms with Crippen LogP contribution in [0.2, 0.25) is 0 Å². The van der Waals surface area contributed by atoms with E-state index in [4.69, 9.17) is 0 Å². The van der Waals surface area contributed by atoms with E-state index in [0.29, 0.717) is 23.1 Å². The lowest BCUT2D eigenvalue weighted by Gasteiger charge is -2.33. The van der Waals surface area contributed by atoms with Gasteiger partial charge in [-0.1, -0.05) is 0 Å². The average molecular weight is 294 g/mol. The van der Waals surface area contributed by atoms with Crippen LogP contribution in [0.3, 0.4) is 0 Å². The zero-order valence-electron chi connectivity index (χ0n) is 10.9. The molecule has 1 fully saturated rings. The summed E-state index contributed by atoms with van der Waals surface area (Å²) in [5.41, 5.74) is 1.14. The van der Waals surface area contributed by atoms with Gasteiger partial charge < -0.3 is 14.7 Å². The van der Waals surface area contributed by atoms with Crippen LogP contribution < -0.4 is 4.90 Å². The van der Waals surface area contributed by atoms with Gasteiger partial charge in [-0.25, -0.2) is 4.79 Å². The molecule has 0 unspecified atom stereocenters. The number of benzene rings is 1. The number of rotatable bonds is 2. The van der Waals surface area contributed by atoms with Crippen molar-refractivity contribution in [2.45, 2.75) is 6.11 Å². The van der Waals surface area contributed by atoms with E-state index in [1.807, 2.05) is 0 Å². The number of alkyl halides is 2. The standard InChI is InChI=1S/C14H12F2N2O3/c15-14(16)8-18(5-6-21-14)9-1-2-12-11(7-9)10(13(19)20)3-4-17-12/h1-4,7H,5-6,8H2,(H,19,20). The monoisotopic (exact) mass is 294 g/mol. The Hall–Kier alpha value is -2.28. The number of anilines is 1. The Kier molecular flexibility index (Phi) is 3.21. The summed E-state index contributed by atoms with van der Waals surface area (Å²) in [4.78, 5) is 16.8. The van der Waals surface area contributed by atoms with Crippen LogP contribution in [-0.2, 0) is 4.74 Å². The summed E-state index contributed by atoms with van der Waals surface area (Å²) in [7, 11) is 0. The summed E-state index contributed by atoms with van der Waals surface area (Å²) in [5, 5.41) is 9.61. The molecule has 0 atom stereocenters. The molecule has 7 heteroatoms. The fourth-order valence-corrected chi connectivity index (χ4v) is 2.39. The summed E-state index contributed by atoms with van der Waals surface area (Å²) >= 11 is 0. The first-order valence-corrected chi connectivity index (χ1v) is 6.35. The van der Waals surface area contributed by atoms with Crippen molar-refractivity contribution in [3.05, 3.63) is 36.0 Å². The molecule has 1 aromatic carbocycles. The highest BCUT2D eigenvalue weighted by molar-refractivity contribution is 6.03. The smallest absolute Gasteiger partial charge is 0.373 e. The lowest BCUT2D eigenvalue weighted by Crippen LogP contribution is -2.46. The summed E-state index contributed by atoms with van der Waals surface area (Å²) in [6, 6.07) is 6.25. The molecule has 1 aliphatic rings. The van der Waals surface area contributed by atoms with Gasteiger partial charge in [0.05, 0.1) is 17.7 Å². The first kappa shape index (κ1) is 13.7. The molecule has 21 heavy (non-hydrogen) atoms. The van der Waals surface area contributed by atoms with Crippen LogP contribution in [0.15, 0.2) is 30.5 Å². The summed E-state index contributed by atoms with van der Waals surface area (Å²) in [6.07, 6.45) is -1.79. The Morgan fingerprint density at radius 3 is 2.90 bits per heavy atom. The number of nitrogens with zero attached hydrogens (tertiary/aromatic N) is 2. The molecule has 3 rings (SSSR count). The van der Waals surface area contributed by atoms with E-state index in [-0.39, 0.29) is 12.2 Å². The van der Waals surface area contributed by atoms with Crippen molar-refractivity contribution in [3.63, 3.8) is 0 Å².